The van der Waals surface area contributed by atoms with Crippen molar-refractivity contribution in [3.05, 3.63) is 29.8 Å². The Morgan fingerprint density at radius 3 is 2.37 bits per heavy atom. The number of hydrogen-bond donors (Lipinski definition) is 1. The first kappa shape index (κ1) is 13.9. The van der Waals surface area contributed by atoms with Crippen LogP contribution < -0.4 is 5.14 Å². The van der Waals surface area contributed by atoms with Gasteiger partial charge in [0.15, 0.2) is 5.82 Å². The summed E-state index contributed by atoms with van der Waals surface area (Å²) in [4.78, 5) is 3.52. The molecule has 0 atom stereocenters. The third-order valence-electron chi connectivity index (χ3n) is 2.12. The molecular weight excluding hydrogens is 303 g/mol. The van der Waals surface area contributed by atoms with Gasteiger partial charge in [-0.15, -0.1) is 0 Å². The first-order chi connectivity index (χ1) is 8.69. The van der Waals surface area contributed by atoms with Gasteiger partial charge in [-0.1, -0.05) is 18.2 Å². The summed E-state index contributed by atoms with van der Waals surface area (Å²) in [5.74, 6) is -0.318. The Bertz CT molecular complexity index is 709. The average molecular weight is 309 g/mol. The van der Waals surface area contributed by atoms with Gasteiger partial charge < -0.3 is 0 Å². The smallest absolute Gasteiger partial charge is 0.223 e. The lowest BCUT2D eigenvalue weighted by Crippen LogP contribution is -2.11. The Labute approximate surface area is 110 Å². The molecule has 0 aliphatic carbocycles. The van der Waals surface area contributed by atoms with Gasteiger partial charge in [0.05, 0.1) is 5.56 Å². The Morgan fingerprint density at radius 1 is 1.21 bits per heavy atom. The maximum absolute atomic E-state index is 12.8. The van der Waals surface area contributed by atoms with Crippen LogP contribution in [0.3, 0.4) is 0 Å². The Hall–Kier alpha value is -1.52. The standard InChI is InChI=1S/C9H6F3N3O2S2/c10-9(11,12)6-4-2-1-3-5(6)7-14-8(18-15-7)19(13,16)17/h1-4H,(H2,13,16,17). The average Bonchev–Trinajstić information content (AvgIpc) is 2.76. The van der Waals surface area contributed by atoms with Gasteiger partial charge in [-0.2, -0.15) is 17.5 Å². The summed E-state index contributed by atoms with van der Waals surface area (Å²) in [6.07, 6.45) is -4.58. The van der Waals surface area contributed by atoms with Gasteiger partial charge in [0.2, 0.25) is 4.34 Å². The first-order valence-electron chi connectivity index (χ1n) is 4.72. The number of aromatic nitrogens is 2. The fourth-order valence-electron chi connectivity index (χ4n) is 1.36. The van der Waals surface area contributed by atoms with E-state index in [0.717, 1.165) is 12.1 Å². The lowest BCUT2D eigenvalue weighted by molar-refractivity contribution is -0.137. The Morgan fingerprint density at radius 2 is 1.84 bits per heavy atom. The van der Waals surface area contributed by atoms with Crippen LogP contribution in [0.2, 0.25) is 0 Å². The van der Waals surface area contributed by atoms with Crippen LogP contribution in [0, 0.1) is 0 Å². The second-order valence-electron chi connectivity index (χ2n) is 3.47. The SMILES string of the molecule is NS(=O)(=O)c1nc(-c2ccccc2C(F)(F)F)ns1. The normalized spacial score (nSPS) is 12.6. The van der Waals surface area contributed by atoms with Crippen molar-refractivity contribution in [1.82, 2.24) is 9.36 Å². The van der Waals surface area contributed by atoms with Gasteiger partial charge in [-0.25, -0.2) is 18.5 Å². The van der Waals surface area contributed by atoms with Crippen LogP contribution in [0.15, 0.2) is 28.6 Å². The number of rotatable bonds is 2. The van der Waals surface area contributed by atoms with E-state index in [2.05, 4.69) is 9.36 Å². The highest BCUT2D eigenvalue weighted by molar-refractivity contribution is 7.91. The number of nitrogens with zero attached hydrogens (tertiary/aromatic N) is 2. The molecule has 0 unspecified atom stereocenters. The molecule has 0 bridgehead atoms. The minimum atomic E-state index is -4.58. The number of benzene rings is 1. The lowest BCUT2D eigenvalue weighted by atomic mass is 10.1. The van der Waals surface area contributed by atoms with Crippen molar-refractivity contribution in [2.24, 2.45) is 5.14 Å². The fourth-order valence-corrected chi connectivity index (χ4v) is 2.53. The molecule has 0 fully saturated rings. The number of sulfonamides is 1. The predicted molar refractivity (Wildman–Crippen MR) is 61.7 cm³/mol. The molecule has 0 radical (unpaired) electrons. The largest absolute Gasteiger partial charge is 0.417 e. The van der Waals surface area contributed by atoms with Crippen LogP contribution in [0.1, 0.15) is 5.56 Å². The van der Waals surface area contributed by atoms with E-state index in [-0.39, 0.29) is 11.4 Å². The predicted octanol–water partition coefficient (Wildman–Crippen LogP) is 1.87. The molecule has 0 spiro atoms. The van der Waals surface area contributed by atoms with E-state index in [4.69, 9.17) is 5.14 Å². The summed E-state index contributed by atoms with van der Waals surface area (Å²) in [6, 6.07) is 4.63. The van der Waals surface area contributed by atoms with Gasteiger partial charge >= 0.3 is 6.18 Å². The molecule has 0 aliphatic heterocycles. The number of hydrogen-bond acceptors (Lipinski definition) is 5. The van der Waals surface area contributed by atoms with Crippen molar-refractivity contribution in [2.45, 2.75) is 10.5 Å². The summed E-state index contributed by atoms with van der Waals surface area (Å²) in [7, 11) is -4.07. The summed E-state index contributed by atoms with van der Waals surface area (Å²) >= 11 is 0.429. The second kappa shape index (κ2) is 4.54. The summed E-state index contributed by atoms with van der Waals surface area (Å²) < 4.78 is 63.5. The third-order valence-corrected chi connectivity index (χ3v) is 4.13. The van der Waals surface area contributed by atoms with E-state index in [9.17, 15) is 21.6 Å². The Kier molecular flexibility index (Phi) is 3.32. The minimum absolute atomic E-state index is 0.291. The van der Waals surface area contributed by atoms with Gasteiger partial charge in [-0.3, -0.25) is 0 Å². The maximum Gasteiger partial charge on any atom is 0.417 e. The molecule has 2 aromatic rings. The van der Waals surface area contributed by atoms with Crippen LogP contribution in [0.4, 0.5) is 13.2 Å². The number of primary sulfonamides is 1. The van der Waals surface area contributed by atoms with E-state index in [0.29, 0.717) is 11.5 Å². The van der Waals surface area contributed by atoms with E-state index in [1.54, 1.807) is 0 Å². The van der Waals surface area contributed by atoms with Crippen molar-refractivity contribution in [2.75, 3.05) is 0 Å². The molecule has 2 rings (SSSR count). The van der Waals surface area contributed by atoms with Crippen LogP contribution in [-0.2, 0) is 16.2 Å². The van der Waals surface area contributed by atoms with Crippen LogP contribution >= 0.6 is 11.5 Å². The van der Waals surface area contributed by atoms with Crippen molar-refractivity contribution < 1.29 is 21.6 Å². The fraction of sp³-hybridized carbons (Fsp3) is 0.111. The molecule has 1 aromatic carbocycles. The monoisotopic (exact) mass is 309 g/mol. The molecule has 102 valence electrons. The zero-order valence-electron chi connectivity index (χ0n) is 9.05. The quantitative estimate of drug-likeness (QED) is 0.917. The van der Waals surface area contributed by atoms with Gasteiger partial charge in [0, 0.05) is 5.56 Å². The van der Waals surface area contributed by atoms with Crippen molar-refractivity contribution in [1.29, 1.82) is 0 Å². The highest BCUT2D eigenvalue weighted by Crippen LogP contribution is 2.36. The highest BCUT2D eigenvalue weighted by atomic mass is 32.2. The van der Waals surface area contributed by atoms with Gasteiger partial charge in [-0.05, 0) is 17.6 Å². The molecule has 1 aromatic heterocycles. The van der Waals surface area contributed by atoms with Gasteiger partial charge in [0.1, 0.15) is 0 Å². The molecule has 19 heavy (non-hydrogen) atoms. The van der Waals surface area contributed by atoms with E-state index < -0.39 is 26.1 Å². The molecule has 5 nitrogen and oxygen atoms in total. The number of nitrogens with two attached hydrogens (primary N) is 1. The summed E-state index contributed by atoms with van der Waals surface area (Å²) in [5.41, 5.74) is -1.23. The summed E-state index contributed by atoms with van der Waals surface area (Å²) in [5, 5.41) is 4.83. The van der Waals surface area contributed by atoms with E-state index >= 15 is 0 Å². The molecular formula is C9H6F3N3O2S2. The second-order valence-corrected chi connectivity index (χ2v) is 5.96. The lowest BCUT2D eigenvalue weighted by Gasteiger charge is -2.09. The van der Waals surface area contributed by atoms with Crippen LogP contribution in [-0.4, -0.2) is 17.8 Å². The Balaban J connectivity index is 2.58. The van der Waals surface area contributed by atoms with E-state index in [1.807, 2.05) is 0 Å². The first-order valence-corrected chi connectivity index (χ1v) is 7.04. The highest BCUT2D eigenvalue weighted by Gasteiger charge is 2.34. The van der Waals surface area contributed by atoms with Crippen LogP contribution in [0.5, 0.6) is 0 Å². The minimum Gasteiger partial charge on any atom is -0.223 e. The molecule has 0 saturated carbocycles. The summed E-state index contributed by atoms with van der Waals surface area (Å²) in [6.45, 7) is 0. The molecule has 10 heteroatoms. The topological polar surface area (TPSA) is 85.9 Å². The molecule has 1 heterocycles. The molecule has 0 saturated heterocycles. The van der Waals surface area contributed by atoms with E-state index in [1.165, 1.54) is 12.1 Å². The maximum atomic E-state index is 12.8. The number of alkyl halides is 3. The zero-order chi connectivity index (χ0) is 14.3. The number of halogens is 3. The van der Waals surface area contributed by atoms with Gasteiger partial charge in [0.25, 0.3) is 10.0 Å². The molecule has 0 aliphatic rings. The van der Waals surface area contributed by atoms with Crippen molar-refractivity contribution in [3.63, 3.8) is 0 Å². The third kappa shape index (κ3) is 2.91. The molecule has 0 amide bonds. The van der Waals surface area contributed by atoms with Crippen molar-refractivity contribution in [3.8, 4) is 11.4 Å². The van der Waals surface area contributed by atoms with Crippen LogP contribution in [0.25, 0.3) is 11.4 Å². The van der Waals surface area contributed by atoms with Crippen molar-refractivity contribution >= 4 is 21.6 Å². The zero-order valence-corrected chi connectivity index (χ0v) is 10.7. The molecule has 2 N–H and O–H groups in total.